The Morgan fingerprint density at radius 3 is 2.78 bits per heavy atom. The molecule has 0 aliphatic carbocycles. The topological polar surface area (TPSA) is 88.9 Å². The van der Waals surface area contributed by atoms with E-state index < -0.39 is 0 Å². The van der Waals surface area contributed by atoms with E-state index in [1.807, 2.05) is 31.3 Å². The van der Waals surface area contributed by atoms with Gasteiger partial charge in [-0.05, 0) is 12.1 Å². The third kappa shape index (κ3) is 5.41. The number of nitrogens with one attached hydrogen (secondary N) is 2. The number of para-hydroxylation sites is 1. The zero-order valence-corrected chi connectivity index (χ0v) is 13.9. The molecule has 0 unspecified atom stereocenters. The predicted octanol–water partition coefficient (Wildman–Crippen LogP) is 1.22. The molecule has 0 aliphatic rings. The molecule has 8 heteroatoms. The second kappa shape index (κ2) is 8.33. The first-order valence-electron chi connectivity index (χ1n) is 7.15. The van der Waals surface area contributed by atoms with Crippen molar-refractivity contribution in [3.63, 3.8) is 0 Å². The minimum absolute atomic E-state index is 0.0604. The van der Waals surface area contributed by atoms with Gasteiger partial charge in [0.2, 0.25) is 11.8 Å². The first kappa shape index (κ1) is 17.0. The molecule has 2 aromatic rings. The molecule has 0 aliphatic heterocycles. The lowest BCUT2D eigenvalue weighted by Crippen LogP contribution is -2.28. The minimum Gasteiger partial charge on any atom is -0.355 e. The number of benzene rings is 1. The van der Waals surface area contributed by atoms with Gasteiger partial charge in [-0.25, -0.2) is 4.98 Å². The lowest BCUT2D eigenvalue weighted by molar-refractivity contribution is -0.118. The summed E-state index contributed by atoms with van der Waals surface area (Å²) < 4.78 is 1.69. The van der Waals surface area contributed by atoms with Crippen molar-refractivity contribution < 1.29 is 9.59 Å². The molecule has 0 bridgehead atoms. The van der Waals surface area contributed by atoms with Gasteiger partial charge in [0.25, 0.3) is 0 Å². The Bertz CT molecular complexity index is 686. The number of aryl methyl sites for hydroxylation is 1. The minimum atomic E-state index is -0.133. The summed E-state index contributed by atoms with van der Waals surface area (Å²) in [7, 11) is 1.82. The van der Waals surface area contributed by atoms with Crippen molar-refractivity contribution in [3.05, 3.63) is 36.4 Å². The van der Waals surface area contributed by atoms with E-state index in [4.69, 9.17) is 0 Å². The van der Waals surface area contributed by atoms with Crippen LogP contribution >= 0.6 is 11.8 Å². The van der Waals surface area contributed by atoms with E-state index in [2.05, 4.69) is 20.7 Å². The molecule has 0 fully saturated rings. The van der Waals surface area contributed by atoms with E-state index in [1.54, 1.807) is 4.68 Å². The molecule has 0 radical (unpaired) electrons. The molecule has 0 atom stereocenters. The summed E-state index contributed by atoms with van der Waals surface area (Å²) >= 11 is 1.39. The average Bonchev–Trinajstić information content (AvgIpc) is 2.91. The van der Waals surface area contributed by atoms with E-state index in [1.165, 1.54) is 25.0 Å². The van der Waals surface area contributed by atoms with E-state index in [9.17, 15) is 9.59 Å². The van der Waals surface area contributed by atoms with Crippen molar-refractivity contribution in [2.45, 2.75) is 18.2 Å². The van der Waals surface area contributed by atoms with Crippen LogP contribution in [-0.4, -0.2) is 38.9 Å². The predicted molar refractivity (Wildman–Crippen MR) is 89.2 cm³/mol. The van der Waals surface area contributed by atoms with Crippen LogP contribution in [-0.2, 0) is 23.1 Å². The lowest BCUT2D eigenvalue weighted by atomic mass is 10.3. The number of nitrogens with zero attached hydrogens (tertiary/aromatic N) is 3. The van der Waals surface area contributed by atoms with Gasteiger partial charge in [-0.2, -0.15) is 5.10 Å². The van der Waals surface area contributed by atoms with Gasteiger partial charge in [-0.3, -0.25) is 14.3 Å². The molecule has 2 rings (SSSR count). The third-order valence-corrected chi connectivity index (χ3v) is 4.11. The van der Waals surface area contributed by atoms with Crippen molar-refractivity contribution >= 4 is 29.3 Å². The van der Waals surface area contributed by atoms with Crippen molar-refractivity contribution in [1.29, 1.82) is 0 Å². The molecule has 23 heavy (non-hydrogen) atoms. The molecular formula is C15H19N5O2S. The summed E-state index contributed by atoms with van der Waals surface area (Å²) in [5.74, 6) is 0.921. The fourth-order valence-corrected chi connectivity index (χ4v) is 2.78. The van der Waals surface area contributed by atoms with Crippen LogP contribution in [0.25, 0.3) is 0 Å². The van der Waals surface area contributed by atoms with Gasteiger partial charge in [0.05, 0.1) is 11.4 Å². The molecule has 1 aromatic heterocycles. The maximum atomic E-state index is 11.9. The number of amides is 2. The van der Waals surface area contributed by atoms with Gasteiger partial charge in [-0.1, -0.05) is 12.1 Å². The molecular weight excluding hydrogens is 314 g/mol. The van der Waals surface area contributed by atoms with Crippen LogP contribution in [0, 0.1) is 0 Å². The molecule has 0 saturated carbocycles. The Balaban J connectivity index is 1.78. The van der Waals surface area contributed by atoms with Crippen molar-refractivity contribution in [1.82, 2.24) is 20.1 Å². The van der Waals surface area contributed by atoms with Crippen molar-refractivity contribution in [2.24, 2.45) is 7.05 Å². The summed E-state index contributed by atoms with van der Waals surface area (Å²) in [4.78, 5) is 28.0. The Morgan fingerprint density at radius 2 is 2.09 bits per heavy atom. The van der Waals surface area contributed by atoms with Crippen LogP contribution in [0.15, 0.2) is 35.5 Å². The molecule has 0 saturated heterocycles. The van der Waals surface area contributed by atoms with Crippen LogP contribution in [0.4, 0.5) is 5.69 Å². The SMILES string of the molecule is CC(=O)Nc1ccccc1SCC(=O)NCCc1ncnn1C. The van der Waals surface area contributed by atoms with Crippen molar-refractivity contribution in [2.75, 3.05) is 17.6 Å². The highest BCUT2D eigenvalue weighted by Gasteiger charge is 2.08. The second-order valence-electron chi connectivity index (χ2n) is 4.87. The average molecular weight is 333 g/mol. The van der Waals surface area contributed by atoms with Crippen LogP contribution in [0.3, 0.4) is 0 Å². The Kier molecular flexibility index (Phi) is 6.16. The first-order chi connectivity index (χ1) is 11.1. The van der Waals surface area contributed by atoms with E-state index in [-0.39, 0.29) is 17.6 Å². The number of carbonyl (C=O) groups excluding carboxylic acids is 2. The zero-order chi connectivity index (χ0) is 16.7. The molecule has 122 valence electrons. The lowest BCUT2D eigenvalue weighted by Gasteiger charge is -2.09. The van der Waals surface area contributed by atoms with Crippen LogP contribution in [0.5, 0.6) is 0 Å². The number of anilines is 1. The quantitative estimate of drug-likeness (QED) is 0.744. The maximum absolute atomic E-state index is 11.9. The maximum Gasteiger partial charge on any atom is 0.230 e. The van der Waals surface area contributed by atoms with Gasteiger partial charge in [-0.15, -0.1) is 11.8 Å². The standard InChI is InChI=1S/C15H19N5O2S/c1-11(21)19-12-5-3-4-6-13(12)23-9-15(22)16-8-7-14-17-10-18-20(14)2/h3-6,10H,7-9H2,1-2H3,(H,16,22)(H,19,21). The monoisotopic (exact) mass is 333 g/mol. The Hall–Kier alpha value is -2.35. The fraction of sp³-hybridized carbons (Fsp3) is 0.333. The highest BCUT2D eigenvalue weighted by Crippen LogP contribution is 2.26. The highest BCUT2D eigenvalue weighted by atomic mass is 32.2. The van der Waals surface area contributed by atoms with Gasteiger partial charge in [0, 0.05) is 31.8 Å². The molecule has 1 heterocycles. The Labute approximate surface area is 138 Å². The number of hydrogen-bond acceptors (Lipinski definition) is 5. The van der Waals surface area contributed by atoms with Crippen LogP contribution in [0.1, 0.15) is 12.7 Å². The van der Waals surface area contributed by atoms with Crippen LogP contribution < -0.4 is 10.6 Å². The Morgan fingerprint density at radius 1 is 1.30 bits per heavy atom. The zero-order valence-electron chi connectivity index (χ0n) is 13.1. The summed E-state index contributed by atoms with van der Waals surface area (Å²) in [5.41, 5.74) is 0.719. The molecule has 2 amide bonds. The highest BCUT2D eigenvalue weighted by molar-refractivity contribution is 8.00. The third-order valence-electron chi connectivity index (χ3n) is 3.03. The molecule has 7 nitrogen and oxygen atoms in total. The van der Waals surface area contributed by atoms with Gasteiger partial charge >= 0.3 is 0 Å². The number of hydrogen-bond donors (Lipinski definition) is 2. The van der Waals surface area contributed by atoms with Crippen LogP contribution in [0.2, 0.25) is 0 Å². The number of aromatic nitrogens is 3. The second-order valence-corrected chi connectivity index (χ2v) is 5.88. The first-order valence-corrected chi connectivity index (χ1v) is 8.14. The van der Waals surface area contributed by atoms with E-state index in [0.717, 1.165) is 16.4 Å². The largest absolute Gasteiger partial charge is 0.355 e. The van der Waals surface area contributed by atoms with Crippen molar-refractivity contribution in [3.8, 4) is 0 Å². The fourth-order valence-electron chi connectivity index (χ4n) is 1.94. The molecule has 1 aromatic carbocycles. The number of rotatable bonds is 7. The smallest absolute Gasteiger partial charge is 0.230 e. The van der Waals surface area contributed by atoms with E-state index in [0.29, 0.717) is 13.0 Å². The number of carbonyl (C=O) groups is 2. The van der Waals surface area contributed by atoms with Gasteiger partial charge in [0.1, 0.15) is 12.2 Å². The summed E-state index contributed by atoms with van der Waals surface area (Å²) in [6, 6.07) is 7.41. The summed E-state index contributed by atoms with van der Waals surface area (Å²) in [6.45, 7) is 1.97. The van der Waals surface area contributed by atoms with Gasteiger partial charge in [0.15, 0.2) is 0 Å². The summed E-state index contributed by atoms with van der Waals surface area (Å²) in [6.07, 6.45) is 2.13. The normalized spacial score (nSPS) is 10.3. The van der Waals surface area contributed by atoms with Gasteiger partial charge < -0.3 is 10.6 Å². The molecule has 0 spiro atoms. The summed E-state index contributed by atoms with van der Waals surface area (Å²) in [5, 5.41) is 9.58. The number of thioether (sulfide) groups is 1. The molecule has 2 N–H and O–H groups in total. The van der Waals surface area contributed by atoms with E-state index >= 15 is 0 Å².